The third-order valence-corrected chi connectivity index (χ3v) is 4.25. The van der Waals surface area contributed by atoms with E-state index >= 15 is 0 Å². The first kappa shape index (κ1) is 13.8. The summed E-state index contributed by atoms with van der Waals surface area (Å²) in [6, 6.07) is 20.0. The Balaban J connectivity index is 1.88. The third kappa shape index (κ3) is 2.32. The number of hydrogen-bond donors (Lipinski definition) is 0. The summed E-state index contributed by atoms with van der Waals surface area (Å²) in [7, 11) is 0. The van der Waals surface area contributed by atoms with Crippen LogP contribution >= 0.6 is 0 Å². The Kier molecular flexibility index (Phi) is 3.23. The van der Waals surface area contributed by atoms with E-state index in [0.29, 0.717) is 25.2 Å². The molecule has 2 aromatic carbocycles. The number of anilines is 1. The molecule has 0 spiro atoms. The smallest absolute Gasteiger partial charge is 0.235 e. The van der Waals surface area contributed by atoms with Crippen molar-refractivity contribution in [3.8, 4) is 0 Å². The normalized spacial score (nSPS) is 14.9. The summed E-state index contributed by atoms with van der Waals surface area (Å²) < 4.78 is 2.05. The minimum absolute atomic E-state index is 0.118. The first-order valence-corrected chi connectivity index (χ1v) is 7.72. The molecule has 1 aromatic heterocycles. The molecule has 1 aliphatic heterocycles. The van der Waals surface area contributed by atoms with Crippen molar-refractivity contribution in [1.82, 2.24) is 4.57 Å². The van der Waals surface area contributed by atoms with E-state index in [1.807, 2.05) is 65.2 Å². The number of nitrogens with zero attached hydrogens (tertiary/aromatic N) is 2. The van der Waals surface area contributed by atoms with E-state index < -0.39 is 0 Å². The van der Waals surface area contributed by atoms with E-state index in [4.69, 9.17) is 0 Å². The fraction of sp³-hybridized carbons (Fsp3) is 0.158. The van der Waals surface area contributed by atoms with Gasteiger partial charge >= 0.3 is 0 Å². The molecule has 4 nitrogen and oxygen atoms in total. The Bertz CT molecular complexity index is 880. The lowest BCUT2D eigenvalue weighted by atomic mass is 10.2. The van der Waals surface area contributed by atoms with Gasteiger partial charge in [0, 0.05) is 24.8 Å². The van der Waals surface area contributed by atoms with E-state index in [-0.39, 0.29) is 11.8 Å². The highest BCUT2D eigenvalue weighted by molar-refractivity contribution is 6.20. The van der Waals surface area contributed by atoms with E-state index in [9.17, 15) is 9.59 Å². The highest BCUT2D eigenvalue weighted by atomic mass is 16.2. The van der Waals surface area contributed by atoms with Crippen LogP contribution in [-0.2, 0) is 16.1 Å². The second-order valence-corrected chi connectivity index (χ2v) is 5.76. The predicted octanol–water partition coefficient (Wildman–Crippen LogP) is 3.34. The number of carbonyl (C=O) groups is 2. The number of imide groups is 1. The second-order valence-electron chi connectivity index (χ2n) is 5.76. The number of benzene rings is 2. The topological polar surface area (TPSA) is 42.3 Å². The number of amides is 2. The fourth-order valence-electron chi connectivity index (χ4n) is 3.15. The van der Waals surface area contributed by atoms with Crippen molar-refractivity contribution in [2.45, 2.75) is 19.4 Å². The SMILES string of the molecule is O=C1CCC(=O)N1c1cc2ccccc2n1Cc1ccccc1. The number of carbonyl (C=O) groups excluding carboxylic acids is 2. The molecule has 0 saturated carbocycles. The molecule has 0 atom stereocenters. The lowest BCUT2D eigenvalue weighted by molar-refractivity contribution is -0.121. The number of hydrogen-bond acceptors (Lipinski definition) is 2. The Morgan fingerprint density at radius 1 is 0.826 bits per heavy atom. The van der Waals surface area contributed by atoms with Crippen molar-refractivity contribution in [3.05, 3.63) is 66.2 Å². The summed E-state index contributed by atoms with van der Waals surface area (Å²) in [5.74, 6) is 0.432. The molecule has 4 rings (SSSR count). The molecule has 0 aliphatic carbocycles. The quantitative estimate of drug-likeness (QED) is 0.696. The lowest BCUT2D eigenvalue weighted by Gasteiger charge is -2.17. The number of fused-ring (bicyclic) bond motifs is 1. The average Bonchev–Trinajstić information content (AvgIpc) is 3.09. The molecule has 1 aliphatic rings. The van der Waals surface area contributed by atoms with Gasteiger partial charge in [0.25, 0.3) is 0 Å². The van der Waals surface area contributed by atoms with Crippen LogP contribution in [0.3, 0.4) is 0 Å². The number of rotatable bonds is 3. The molecule has 0 bridgehead atoms. The molecule has 0 radical (unpaired) electrons. The third-order valence-electron chi connectivity index (χ3n) is 4.25. The summed E-state index contributed by atoms with van der Waals surface area (Å²) in [6.07, 6.45) is 0.595. The van der Waals surface area contributed by atoms with Crippen molar-refractivity contribution in [2.75, 3.05) is 4.90 Å². The molecule has 4 heteroatoms. The Morgan fingerprint density at radius 3 is 2.22 bits per heavy atom. The van der Waals surface area contributed by atoms with Gasteiger partial charge in [-0.25, -0.2) is 4.90 Å². The molecular formula is C19H16N2O2. The molecule has 2 heterocycles. The zero-order valence-electron chi connectivity index (χ0n) is 12.6. The van der Waals surface area contributed by atoms with Gasteiger partial charge in [-0.15, -0.1) is 0 Å². The predicted molar refractivity (Wildman–Crippen MR) is 89.2 cm³/mol. The van der Waals surface area contributed by atoms with Gasteiger partial charge in [-0.3, -0.25) is 9.59 Å². The van der Waals surface area contributed by atoms with Gasteiger partial charge in [0.05, 0.1) is 5.52 Å². The summed E-state index contributed by atoms with van der Waals surface area (Å²) in [5, 5.41) is 1.03. The van der Waals surface area contributed by atoms with Gasteiger partial charge in [0.1, 0.15) is 5.82 Å². The fourth-order valence-corrected chi connectivity index (χ4v) is 3.15. The van der Waals surface area contributed by atoms with Crippen molar-refractivity contribution in [3.63, 3.8) is 0 Å². The zero-order valence-corrected chi connectivity index (χ0v) is 12.6. The molecular weight excluding hydrogens is 288 g/mol. The van der Waals surface area contributed by atoms with Crippen molar-refractivity contribution >= 4 is 28.5 Å². The van der Waals surface area contributed by atoms with Crippen LogP contribution in [0.15, 0.2) is 60.7 Å². The van der Waals surface area contributed by atoms with Gasteiger partial charge < -0.3 is 4.57 Å². The average molecular weight is 304 g/mol. The monoisotopic (exact) mass is 304 g/mol. The highest BCUT2D eigenvalue weighted by Crippen LogP contribution is 2.30. The minimum atomic E-state index is -0.118. The van der Waals surface area contributed by atoms with E-state index in [2.05, 4.69) is 0 Å². The second kappa shape index (κ2) is 5.39. The van der Waals surface area contributed by atoms with Crippen LogP contribution in [0, 0.1) is 0 Å². The van der Waals surface area contributed by atoms with Crippen molar-refractivity contribution in [1.29, 1.82) is 0 Å². The minimum Gasteiger partial charge on any atom is -0.322 e. The largest absolute Gasteiger partial charge is 0.322 e. The molecule has 114 valence electrons. The summed E-state index contributed by atoms with van der Waals surface area (Å²) in [6.45, 7) is 0.626. The maximum atomic E-state index is 12.2. The Labute approximate surface area is 133 Å². The molecule has 1 saturated heterocycles. The van der Waals surface area contributed by atoms with Crippen molar-refractivity contribution in [2.24, 2.45) is 0 Å². The number of para-hydroxylation sites is 1. The van der Waals surface area contributed by atoms with Gasteiger partial charge in [0.2, 0.25) is 11.8 Å². The van der Waals surface area contributed by atoms with Crippen LogP contribution in [0.4, 0.5) is 5.82 Å². The van der Waals surface area contributed by atoms with Gasteiger partial charge in [-0.2, -0.15) is 0 Å². The Morgan fingerprint density at radius 2 is 1.48 bits per heavy atom. The van der Waals surface area contributed by atoms with E-state index in [1.54, 1.807) is 0 Å². The first-order valence-electron chi connectivity index (χ1n) is 7.72. The van der Waals surface area contributed by atoms with Crippen LogP contribution in [0.25, 0.3) is 10.9 Å². The van der Waals surface area contributed by atoms with Gasteiger partial charge in [-0.1, -0.05) is 48.5 Å². The maximum Gasteiger partial charge on any atom is 0.235 e. The van der Waals surface area contributed by atoms with Crippen LogP contribution in [0.1, 0.15) is 18.4 Å². The first-order chi connectivity index (χ1) is 11.2. The zero-order chi connectivity index (χ0) is 15.8. The van der Waals surface area contributed by atoms with Crippen LogP contribution in [0.2, 0.25) is 0 Å². The van der Waals surface area contributed by atoms with Gasteiger partial charge in [-0.05, 0) is 17.7 Å². The summed E-state index contributed by atoms with van der Waals surface area (Å²) in [5.41, 5.74) is 2.16. The lowest BCUT2D eigenvalue weighted by Crippen LogP contribution is -2.30. The Hall–Kier alpha value is -2.88. The number of aromatic nitrogens is 1. The summed E-state index contributed by atoms with van der Waals surface area (Å²) >= 11 is 0. The molecule has 23 heavy (non-hydrogen) atoms. The maximum absolute atomic E-state index is 12.2. The molecule has 0 N–H and O–H groups in total. The molecule has 1 fully saturated rings. The van der Waals surface area contributed by atoms with Crippen LogP contribution in [-0.4, -0.2) is 16.4 Å². The molecule has 3 aromatic rings. The van der Waals surface area contributed by atoms with E-state index in [1.165, 1.54) is 4.90 Å². The van der Waals surface area contributed by atoms with Gasteiger partial charge in [0.15, 0.2) is 0 Å². The summed E-state index contributed by atoms with van der Waals surface area (Å²) in [4.78, 5) is 25.7. The van der Waals surface area contributed by atoms with Crippen LogP contribution < -0.4 is 4.90 Å². The molecule has 2 amide bonds. The molecule has 0 unspecified atom stereocenters. The highest BCUT2D eigenvalue weighted by Gasteiger charge is 2.32. The van der Waals surface area contributed by atoms with Crippen molar-refractivity contribution < 1.29 is 9.59 Å². The standard InChI is InChI=1S/C19H16N2O2/c22-18-10-11-19(23)21(18)17-12-15-8-4-5-9-16(15)20(17)13-14-6-2-1-3-7-14/h1-9,12H,10-11,13H2. The van der Waals surface area contributed by atoms with Crippen LogP contribution in [0.5, 0.6) is 0 Å². The van der Waals surface area contributed by atoms with E-state index in [0.717, 1.165) is 16.5 Å².